The molecule has 4 heterocycles. The van der Waals surface area contributed by atoms with E-state index in [0.717, 1.165) is 65.5 Å². The maximum atomic E-state index is 13.6. The van der Waals surface area contributed by atoms with Crippen molar-refractivity contribution in [3.05, 3.63) is 47.8 Å². The van der Waals surface area contributed by atoms with Gasteiger partial charge in [0.25, 0.3) is 5.91 Å². The first-order chi connectivity index (χ1) is 19.4. The Morgan fingerprint density at radius 3 is 2.33 bits per heavy atom. The Balaban J connectivity index is 1.44. The number of anilines is 1. The summed E-state index contributed by atoms with van der Waals surface area (Å²) >= 11 is 0. The van der Waals surface area contributed by atoms with Gasteiger partial charge in [-0.05, 0) is 82.7 Å². The molecule has 1 saturated carbocycles. The number of carbonyl (C=O) groups excluding carboxylic acids is 1. The van der Waals surface area contributed by atoms with Gasteiger partial charge >= 0.3 is 0 Å². The van der Waals surface area contributed by atoms with Crippen LogP contribution in [0, 0.1) is 5.92 Å². The van der Waals surface area contributed by atoms with Gasteiger partial charge in [0.1, 0.15) is 5.69 Å². The molecule has 6 rings (SSSR count). The highest BCUT2D eigenvalue weighted by molar-refractivity contribution is 7.89. The molecule has 0 bridgehead atoms. The van der Waals surface area contributed by atoms with Gasteiger partial charge in [-0.3, -0.25) is 4.79 Å². The van der Waals surface area contributed by atoms with Crippen molar-refractivity contribution < 1.29 is 13.2 Å². The van der Waals surface area contributed by atoms with E-state index in [0.29, 0.717) is 17.5 Å². The minimum atomic E-state index is -3.72. The minimum absolute atomic E-state index is 0.137. The van der Waals surface area contributed by atoms with Crippen molar-refractivity contribution in [3.63, 3.8) is 0 Å². The zero-order valence-electron chi connectivity index (χ0n) is 23.6. The smallest absolute Gasteiger partial charge is 0.285 e. The average Bonchev–Trinajstić information content (AvgIpc) is 3.60. The van der Waals surface area contributed by atoms with Crippen LogP contribution in [0.25, 0.3) is 16.7 Å². The lowest BCUT2D eigenvalue weighted by atomic mass is 9.81. The molecule has 40 heavy (non-hydrogen) atoms. The zero-order chi connectivity index (χ0) is 27.9. The molecule has 0 unspecified atom stereocenters. The van der Waals surface area contributed by atoms with Gasteiger partial charge in [-0.25, -0.2) is 22.4 Å². The van der Waals surface area contributed by atoms with E-state index in [1.165, 1.54) is 45.9 Å². The van der Waals surface area contributed by atoms with Crippen LogP contribution in [0.3, 0.4) is 0 Å². The van der Waals surface area contributed by atoms with Crippen LogP contribution in [-0.2, 0) is 10.0 Å². The second-order valence-electron chi connectivity index (χ2n) is 11.6. The number of hydrogen-bond acceptors (Lipinski definition) is 7. The van der Waals surface area contributed by atoms with Gasteiger partial charge in [0, 0.05) is 32.6 Å². The third kappa shape index (κ3) is 5.11. The Morgan fingerprint density at radius 2 is 1.70 bits per heavy atom. The largest absolute Gasteiger partial charge is 0.371 e. The van der Waals surface area contributed by atoms with Crippen molar-refractivity contribution in [1.82, 2.24) is 24.0 Å². The predicted molar refractivity (Wildman–Crippen MR) is 158 cm³/mol. The molecule has 10 heteroatoms. The monoisotopic (exact) mass is 564 g/mol. The zero-order valence-corrected chi connectivity index (χ0v) is 24.4. The predicted octanol–water partition coefficient (Wildman–Crippen LogP) is 4.42. The summed E-state index contributed by atoms with van der Waals surface area (Å²) in [5.74, 6) is 0.278. The second-order valence-corrected chi connectivity index (χ2v) is 13.9. The van der Waals surface area contributed by atoms with Crippen molar-refractivity contribution in [1.29, 1.82) is 0 Å². The van der Waals surface area contributed by atoms with E-state index in [1.807, 2.05) is 41.1 Å². The molecule has 0 radical (unpaired) electrons. The molecule has 2 saturated heterocycles. The van der Waals surface area contributed by atoms with Crippen LogP contribution >= 0.6 is 0 Å². The van der Waals surface area contributed by atoms with Gasteiger partial charge in [-0.1, -0.05) is 24.6 Å². The van der Waals surface area contributed by atoms with E-state index >= 15 is 0 Å². The van der Waals surface area contributed by atoms with Crippen LogP contribution < -0.4 is 4.90 Å². The molecular formula is C30H40N6O3S. The maximum absolute atomic E-state index is 13.6. The molecule has 9 nitrogen and oxygen atoms in total. The molecular weight excluding hydrogens is 524 g/mol. The van der Waals surface area contributed by atoms with Crippen LogP contribution in [0.2, 0.25) is 0 Å². The SMILES string of the molecule is CCS(=O)(=O)N(C)C(=O)c1cc(N2CCC(CN3CCCC3)CC2)c2c(C3CCC3)nn(-c3ccccc3)c2n1. The summed E-state index contributed by atoms with van der Waals surface area (Å²) in [5, 5.41) is 6.11. The summed E-state index contributed by atoms with van der Waals surface area (Å²) in [6.45, 7) is 6.94. The molecule has 1 aromatic carbocycles. The molecule has 2 aromatic heterocycles. The Morgan fingerprint density at radius 1 is 1.00 bits per heavy atom. The number of sulfonamides is 1. The molecule has 214 valence electrons. The quantitative estimate of drug-likeness (QED) is 0.400. The lowest BCUT2D eigenvalue weighted by Gasteiger charge is -2.36. The number of carbonyl (C=O) groups is 1. The minimum Gasteiger partial charge on any atom is -0.371 e. The molecule has 3 fully saturated rings. The second kappa shape index (κ2) is 11.1. The molecule has 3 aromatic rings. The van der Waals surface area contributed by atoms with Crippen LogP contribution in [0.15, 0.2) is 36.4 Å². The lowest BCUT2D eigenvalue weighted by molar-refractivity contribution is 0.0878. The van der Waals surface area contributed by atoms with Crippen molar-refractivity contribution in [2.24, 2.45) is 5.92 Å². The van der Waals surface area contributed by atoms with Crippen LogP contribution in [0.4, 0.5) is 5.69 Å². The fraction of sp³-hybridized carbons (Fsp3) is 0.567. The van der Waals surface area contributed by atoms with Gasteiger partial charge in [0.2, 0.25) is 10.0 Å². The number of amides is 1. The Hall–Kier alpha value is -2.98. The number of rotatable bonds is 8. The number of aromatic nitrogens is 3. The number of fused-ring (bicyclic) bond motifs is 1. The van der Waals surface area contributed by atoms with Crippen molar-refractivity contribution in [2.45, 2.75) is 57.8 Å². The molecule has 0 N–H and O–H groups in total. The molecule has 1 aliphatic carbocycles. The highest BCUT2D eigenvalue weighted by Crippen LogP contribution is 2.43. The molecule has 3 aliphatic rings. The standard InChI is InChI=1S/C30H40N6O3S/c1-3-40(38,39)33(2)30(37)25-20-26(35-18-14-22(15-19-35)21-34-16-7-8-17-34)27-28(23-10-9-11-23)32-36(29(27)31-25)24-12-5-4-6-13-24/h4-6,12-13,20,22-23H,3,7-11,14-19,21H2,1-2H3. The van der Waals surface area contributed by atoms with E-state index in [1.54, 1.807) is 6.92 Å². The van der Waals surface area contributed by atoms with E-state index in [9.17, 15) is 13.2 Å². The van der Waals surface area contributed by atoms with Gasteiger partial charge in [0.15, 0.2) is 5.65 Å². The first kappa shape index (κ1) is 27.2. The molecule has 0 atom stereocenters. The third-order valence-corrected chi connectivity index (χ3v) is 10.8. The highest BCUT2D eigenvalue weighted by Gasteiger charge is 2.33. The third-order valence-electron chi connectivity index (χ3n) is 9.09. The molecule has 2 aliphatic heterocycles. The normalized spacial score (nSPS) is 19.3. The fourth-order valence-electron chi connectivity index (χ4n) is 6.37. The van der Waals surface area contributed by atoms with Gasteiger partial charge in [0.05, 0.1) is 28.2 Å². The van der Waals surface area contributed by atoms with Crippen molar-refractivity contribution in [2.75, 3.05) is 50.4 Å². The maximum Gasteiger partial charge on any atom is 0.285 e. The number of hydrogen-bond donors (Lipinski definition) is 0. The van der Waals surface area contributed by atoms with E-state index in [-0.39, 0.29) is 11.4 Å². The Kier molecular flexibility index (Phi) is 7.56. The number of para-hydroxylation sites is 1. The molecule has 0 spiro atoms. The summed E-state index contributed by atoms with van der Waals surface area (Å²) in [5.41, 5.74) is 3.63. The Bertz CT molecular complexity index is 1470. The van der Waals surface area contributed by atoms with Crippen LogP contribution in [0.1, 0.15) is 74.0 Å². The van der Waals surface area contributed by atoms with Gasteiger partial charge in [-0.2, -0.15) is 5.10 Å². The number of nitrogens with zero attached hydrogens (tertiary/aromatic N) is 6. The van der Waals surface area contributed by atoms with Crippen molar-refractivity contribution >= 4 is 32.7 Å². The summed E-state index contributed by atoms with van der Waals surface area (Å²) < 4.78 is 27.9. The van der Waals surface area contributed by atoms with Gasteiger partial charge in [-0.15, -0.1) is 0 Å². The molecule has 1 amide bonds. The van der Waals surface area contributed by atoms with Crippen LogP contribution in [-0.4, -0.2) is 83.8 Å². The summed E-state index contributed by atoms with van der Waals surface area (Å²) in [4.78, 5) is 23.4. The first-order valence-corrected chi connectivity index (χ1v) is 16.4. The number of benzene rings is 1. The van der Waals surface area contributed by atoms with Crippen molar-refractivity contribution in [3.8, 4) is 5.69 Å². The lowest BCUT2D eigenvalue weighted by Crippen LogP contribution is -2.38. The highest BCUT2D eigenvalue weighted by atomic mass is 32.2. The first-order valence-electron chi connectivity index (χ1n) is 14.8. The summed E-state index contributed by atoms with van der Waals surface area (Å²) in [6.07, 6.45) is 8.18. The summed E-state index contributed by atoms with van der Waals surface area (Å²) in [6, 6.07) is 11.7. The van der Waals surface area contributed by atoms with Gasteiger partial charge < -0.3 is 9.80 Å². The summed E-state index contributed by atoms with van der Waals surface area (Å²) in [7, 11) is -2.39. The number of piperidine rings is 1. The number of likely N-dealkylation sites (tertiary alicyclic amines) is 1. The number of pyridine rings is 1. The van der Waals surface area contributed by atoms with E-state index in [2.05, 4.69) is 9.80 Å². The average molecular weight is 565 g/mol. The van der Waals surface area contributed by atoms with Crippen LogP contribution in [0.5, 0.6) is 0 Å². The fourth-order valence-corrected chi connectivity index (χ4v) is 7.10. The Labute approximate surface area is 237 Å². The van der Waals surface area contributed by atoms with E-state index < -0.39 is 15.9 Å². The topological polar surface area (TPSA) is 91.6 Å². The van der Waals surface area contributed by atoms with E-state index in [4.69, 9.17) is 10.1 Å².